The minimum Gasteiger partial charge on any atom is -0.459 e. The normalized spacial score (nSPS) is 22.6. The molecule has 26 heavy (non-hydrogen) atoms. The van der Waals surface area contributed by atoms with Crippen LogP contribution in [0.3, 0.4) is 0 Å². The molecule has 0 heterocycles. The lowest BCUT2D eigenvalue weighted by Crippen LogP contribution is -2.31. The monoisotopic (exact) mass is 355 g/mol. The number of carbonyl (C=O) groups excluding carboxylic acids is 1. The van der Waals surface area contributed by atoms with Crippen LogP contribution in [0, 0.1) is 16.7 Å². The highest BCUT2D eigenvalue weighted by atomic mass is 16.5. The number of unbranched alkanes of at least 4 members (excludes halogenated alkanes) is 3. The average Bonchev–Trinajstić information content (AvgIpc) is 2.68. The predicted octanol–water partition coefficient (Wildman–Crippen LogP) is 6.22. The second-order valence-corrected chi connectivity index (χ2v) is 7.75. The van der Waals surface area contributed by atoms with Gasteiger partial charge in [-0.05, 0) is 62.6 Å². The largest absolute Gasteiger partial charge is 0.459 e. The minimum absolute atomic E-state index is 0.0464. The molecule has 1 aliphatic carbocycles. The van der Waals surface area contributed by atoms with E-state index in [9.17, 15) is 10.1 Å². The molecule has 1 aromatic rings. The molecule has 2 rings (SSSR count). The molecule has 0 spiro atoms. The number of benzene rings is 1. The lowest BCUT2D eigenvalue weighted by molar-refractivity contribution is 0.0105. The van der Waals surface area contributed by atoms with Gasteiger partial charge in [0.2, 0.25) is 0 Å². The summed E-state index contributed by atoms with van der Waals surface area (Å²) in [6.07, 6.45) is 11.1. The fraction of sp³-hybridized carbons (Fsp3) is 0.652. The first-order valence-corrected chi connectivity index (χ1v) is 10.3. The van der Waals surface area contributed by atoms with Crippen molar-refractivity contribution in [2.45, 2.75) is 90.6 Å². The number of hydrogen-bond donors (Lipinski definition) is 0. The Hall–Kier alpha value is -1.82. The highest BCUT2D eigenvalue weighted by Gasteiger charge is 2.36. The van der Waals surface area contributed by atoms with E-state index in [4.69, 9.17) is 4.74 Å². The zero-order chi connectivity index (χ0) is 18.8. The summed E-state index contributed by atoms with van der Waals surface area (Å²) in [6, 6.07) is 10.4. The molecule has 1 aliphatic rings. The summed E-state index contributed by atoms with van der Waals surface area (Å²) in [5.41, 5.74) is 1.70. The van der Waals surface area contributed by atoms with Gasteiger partial charge in [0.15, 0.2) is 0 Å². The van der Waals surface area contributed by atoms with Crippen LogP contribution in [0.15, 0.2) is 24.3 Å². The molecule has 0 unspecified atom stereocenters. The molecule has 1 saturated carbocycles. The van der Waals surface area contributed by atoms with E-state index in [1.165, 1.54) is 31.2 Å². The van der Waals surface area contributed by atoms with Crippen molar-refractivity contribution in [2.75, 3.05) is 0 Å². The molecule has 3 nitrogen and oxygen atoms in total. The van der Waals surface area contributed by atoms with Crippen LogP contribution < -0.4 is 0 Å². The van der Waals surface area contributed by atoms with Gasteiger partial charge in [-0.2, -0.15) is 5.26 Å². The Morgan fingerprint density at radius 3 is 2.35 bits per heavy atom. The topological polar surface area (TPSA) is 50.1 Å². The van der Waals surface area contributed by atoms with E-state index in [1.807, 2.05) is 24.3 Å². The Labute approximate surface area is 158 Å². The van der Waals surface area contributed by atoms with Gasteiger partial charge in [-0.3, -0.25) is 0 Å². The van der Waals surface area contributed by atoms with Gasteiger partial charge in [-0.25, -0.2) is 4.79 Å². The number of hydrogen-bond acceptors (Lipinski definition) is 3. The predicted molar refractivity (Wildman–Crippen MR) is 105 cm³/mol. The first-order valence-electron chi connectivity index (χ1n) is 10.3. The molecule has 0 aromatic heterocycles. The average molecular weight is 356 g/mol. The van der Waals surface area contributed by atoms with Crippen LogP contribution in [0.5, 0.6) is 0 Å². The summed E-state index contributed by atoms with van der Waals surface area (Å²) in [5.74, 6) is -0.229. The minimum atomic E-state index is -0.229. The van der Waals surface area contributed by atoms with Crippen LogP contribution in [-0.4, -0.2) is 12.1 Å². The highest BCUT2D eigenvalue weighted by molar-refractivity contribution is 5.89. The lowest BCUT2D eigenvalue weighted by atomic mass is 9.71. The second-order valence-electron chi connectivity index (χ2n) is 7.75. The number of carbonyl (C=O) groups is 1. The number of rotatable bonds is 9. The van der Waals surface area contributed by atoms with Gasteiger partial charge in [-0.15, -0.1) is 0 Å². The van der Waals surface area contributed by atoms with Crippen molar-refractivity contribution in [3.05, 3.63) is 35.4 Å². The van der Waals surface area contributed by atoms with Crippen molar-refractivity contribution in [1.29, 1.82) is 5.26 Å². The number of esters is 1. The van der Waals surface area contributed by atoms with E-state index < -0.39 is 0 Å². The van der Waals surface area contributed by atoms with Crippen molar-refractivity contribution < 1.29 is 9.53 Å². The van der Waals surface area contributed by atoms with Gasteiger partial charge in [-0.1, -0.05) is 51.7 Å². The smallest absolute Gasteiger partial charge is 0.338 e. The van der Waals surface area contributed by atoms with Crippen LogP contribution in [-0.2, 0) is 11.2 Å². The Bertz CT molecular complexity index is 592. The van der Waals surface area contributed by atoms with Gasteiger partial charge in [0.1, 0.15) is 6.10 Å². The maximum atomic E-state index is 12.4. The molecule has 0 radical (unpaired) electrons. The second kappa shape index (κ2) is 10.4. The zero-order valence-electron chi connectivity index (χ0n) is 16.4. The highest BCUT2D eigenvalue weighted by Crippen LogP contribution is 2.41. The van der Waals surface area contributed by atoms with E-state index >= 15 is 0 Å². The van der Waals surface area contributed by atoms with Gasteiger partial charge < -0.3 is 4.74 Å². The third-order valence-electron chi connectivity index (χ3n) is 5.67. The summed E-state index contributed by atoms with van der Waals surface area (Å²) >= 11 is 0. The molecule has 1 aromatic carbocycles. The Morgan fingerprint density at radius 1 is 1.12 bits per heavy atom. The number of aryl methyl sites for hydroxylation is 1. The zero-order valence-corrected chi connectivity index (χ0v) is 16.4. The first kappa shape index (κ1) is 20.5. The van der Waals surface area contributed by atoms with Crippen LogP contribution in [0.1, 0.15) is 94.0 Å². The van der Waals surface area contributed by atoms with Crippen LogP contribution in [0.4, 0.5) is 0 Å². The maximum absolute atomic E-state index is 12.4. The molecule has 142 valence electrons. The lowest BCUT2D eigenvalue weighted by Gasteiger charge is -2.34. The maximum Gasteiger partial charge on any atom is 0.338 e. The Balaban J connectivity index is 1.82. The van der Waals surface area contributed by atoms with Crippen LogP contribution in [0.2, 0.25) is 0 Å². The van der Waals surface area contributed by atoms with E-state index in [-0.39, 0.29) is 17.5 Å². The van der Waals surface area contributed by atoms with Gasteiger partial charge in [0.25, 0.3) is 0 Å². The van der Waals surface area contributed by atoms with E-state index in [1.54, 1.807) is 0 Å². The van der Waals surface area contributed by atoms with E-state index in [2.05, 4.69) is 19.9 Å². The quantitative estimate of drug-likeness (QED) is 0.390. The third-order valence-corrected chi connectivity index (χ3v) is 5.67. The Kier molecular flexibility index (Phi) is 8.16. The van der Waals surface area contributed by atoms with Crippen LogP contribution >= 0.6 is 0 Å². The van der Waals surface area contributed by atoms with Gasteiger partial charge in [0, 0.05) is 0 Å². The van der Waals surface area contributed by atoms with E-state index in [0.717, 1.165) is 44.9 Å². The summed E-state index contributed by atoms with van der Waals surface area (Å²) in [6.45, 7) is 4.37. The van der Waals surface area contributed by atoms with Crippen LogP contribution in [0.25, 0.3) is 0 Å². The number of nitrogens with zero attached hydrogens (tertiary/aromatic N) is 1. The summed E-state index contributed by atoms with van der Waals surface area (Å²) in [7, 11) is 0. The van der Waals surface area contributed by atoms with Crippen molar-refractivity contribution >= 4 is 5.97 Å². The van der Waals surface area contributed by atoms with Crippen molar-refractivity contribution in [2.24, 2.45) is 5.41 Å². The molecule has 0 amide bonds. The third kappa shape index (κ3) is 5.87. The van der Waals surface area contributed by atoms with Gasteiger partial charge >= 0.3 is 5.97 Å². The standard InChI is InChI=1S/C23H33NO2/c1-3-5-7-15-23(18-24)16-13-21(14-17-23)26-22(25)20-11-9-19(10-12-20)8-6-4-2/h9-12,21H,3-8,13-17H2,1-2H3/t21-,23+. The molecular formula is C23H33NO2. The molecule has 0 bridgehead atoms. The summed E-state index contributed by atoms with van der Waals surface area (Å²) in [5, 5.41) is 9.62. The van der Waals surface area contributed by atoms with E-state index in [0.29, 0.717) is 5.56 Å². The SMILES string of the molecule is CCCCC[C@]1(C#N)CC[C@@H](OC(=O)c2ccc(CCCC)cc2)CC1. The summed E-state index contributed by atoms with van der Waals surface area (Å²) < 4.78 is 5.71. The van der Waals surface area contributed by atoms with Crippen molar-refractivity contribution in [3.8, 4) is 6.07 Å². The van der Waals surface area contributed by atoms with Gasteiger partial charge in [0.05, 0.1) is 17.0 Å². The molecule has 3 heteroatoms. The fourth-order valence-corrected chi connectivity index (χ4v) is 3.80. The molecule has 0 aliphatic heterocycles. The fourth-order valence-electron chi connectivity index (χ4n) is 3.80. The Morgan fingerprint density at radius 2 is 1.77 bits per heavy atom. The number of ether oxygens (including phenoxy) is 1. The summed E-state index contributed by atoms with van der Waals surface area (Å²) in [4.78, 5) is 12.4. The first-order chi connectivity index (χ1) is 12.6. The molecule has 0 saturated heterocycles. The van der Waals surface area contributed by atoms with Crippen molar-refractivity contribution in [1.82, 2.24) is 0 Å². The molecule has 0 N–H and O–H groups in total. The molecule has 0 atom stereocenters. The molecule has 1 fully saturated rings. The van der Waals surface area contributed by atoms with Crippen molar-refractivity contribution in [3.63, 3.8) is 0 Å². The molecular weight excluding hydrogens is 322 g/mol. The number of nitriles is 1.